The van der Waals surface area contributed by atoms with Crippen molar-refractivity contribution >= 4 is 114 Å². The average molecular weight is 1160 g/mol. The van der Waals surface area contributed by atoms with E-state index in [9.17, 15) is 0 Å². The summed E-state index contributed by atoms with van der Waals surface area (Å²) in [4.78, 5) is 12.5. The second-order valence-corrected chi connectivity index (χ2v) is 26.6. The number of rotatable bonds is 7. The number of anilines is 12. The highest BCUT2D eigenvalue weighted by Gasteiger charge is 2.52. The van der Waals surface area contributed by atoms with E-state index >= 15 is 0 Å². The van der Waals surface area contributed by atoms with Crippen molar-refractivity contribution in [1.29, 1.82) is 0 Å². The van der Waals surface area contributed by atoms with Crippen LogP contribution in [0.15, 0.2) is 249 Å². The van der Waals surface area contributed by atoms with Gasteiger partial charge >= 0.3 is 0 Å². The van der Waals surface area contributed by atoms with Gasteiger partial charge in [-0.05, 0) is 147 Å². The van der Waals surface area contributed by atoms with Crippen LogP contribution >= 0.6 is 0 Å². The van der Waals surface area contributed by atoms with Gasteiger partial charge in [0.2, 0.25) is 0 Å². The smallest absolute Gasteiger partial charge is 0.256 e. The lowest BCUT2D eigenvalue weighted by Crippen LogP contribution is -2.61. The van der Waals surface area contributed by atoms with Gasteiger partial charge in [-0.25, -0.2) is 0 Å². The Morgan fingerprint density at radius 1 is 0.400 bits per heavy atom. The minimum absolute atomic E-state index is 0.204. The van der Waals surface area contributed by atoms with Crippen molar-refractivity contribution in [3.8, 4) is 23.0 Å². The van der Waals surface area contributed by atoms with Gasteiger partial charge in [0.15, 0.2) is 0 Å². The van der Waals surface area contributed by atoms with E-state index in [-0.39, 0.29) is 13.4 Å². The summed E-state index contributed by atoms with van der Waals surface area (Å²) in [5.41, 5.74) is 25.7. The molecule has 90 heavy (non-hydrogen) atoms. The molecule has 18 rings (SSSR count). The van der Waals surface area contributed by atoms with E-state index in [4.69, 9.17) is 9.47 Å². The maximum Gasteiger partial charge on any atom is 0.256 e. The van der Waals surface area contributed by atoms with Crippen molar-refractivity contribution in [3.05, 3.63) is 277 Å². The van der Waals surface area contributed by atoms with Crippen molar-refractivity contribution in [1.82, 2.24) is 0 Å². The molecule has 0 saturated heterocycles. The van der Waals surface area contributed by atoms with Gasteiger partial charge < -0.3 is 34.0 Å². The second-order valence-electron chi connectivity index (χ2n) is 26.6. The van der Waals surface area contributed by atoms with Crippen LogP contribution in [0, 0.1) is 0 Å². The predicted octanol–water partition coefficient (Wildman–Crippen LogP) is 17.5. The van der Waals surface area contributed by atoms with Crippen LogP contribution in [0.2, 0.25) is 0 Å². The molecule has 1 fully saturated rings. The first-order chi connectivity index (χ1) is 44.1. The maximum absolute atomic E-state index is 8.09. The molecule has 0 atom stereocenters. The third kappa shape index (κ3) is 7.62. The first-order valence-corrected chi connectivity index (χ1v) is 32.3. The molecule has 0 aromatic heterocycles. The molecule has 11 aromatic carbocycles. The monoisotopic (exact) mass is 1160 g/mol. The summed E-state index contributed by atoms with van der Waals surface area (Å²) < 4.78 is 16.1. The van der Waals surface area contributed by atoms with E-state index < -0.39 is 10.8 Å². The normalized spacial score (nSPS) is 16.5. The highest BCUT2D eigenvalue weighted by Crippen LogP contribution is 2.61. The highest BCUT2D eigenvalue weighted by molar-refractivity contribution is 7.04. The van der Waals surface area contributed by atoms with Gasteiger partial charge in [0.25, 0.3) is 13.4 Å². The Balaban J connectivity index is 0.937. The fourth-order valence-electron chi connectivity index (χ4n) is 17.0. The lowest BCUT2D eigenvalue weighted by Gasteiger charge is -2.48. The minimum Gasteiger partial charge on any atom is -0.458 e. The number of para-hydroxylation sites is 8. The van der Waals surface area contributed by atoms with E-state index in [0.717, 1.165) is 108 Å². The Labute approximate surface area is 528 Å². The van der Waals surface area contributed by atoms with Gasteiger partial charge in [-0.15, -0.1) is 0 Å². The van der Waals surface area contributed by atoms with Crippen LogP contribution in [0.25, 0.3) is 5.47 Å². The number of hydrogen-bond acceptors (Lipinski definition) is 7. The molecule has 0 bridgehead atoms. The predicted molar refractivity (Wildman–Crippen MR) is 376 cm³/mol. The van der Waals surface area contributed by atoms with Crippen LogP contribution in [-0.4, -0.2) is 26.5 Å². The van der Waals surface area contributed by atoms with Crippen molar-refractivity contribution in [2.24, 2.45) is 0 Å². The van der Waals surface area contributed by atoms with E-state index in [1.807, 2.05) is 0 Å². The van der Waals surface area contributed by atoms with Gasteiger partial charge in [0.05, 0.1) is 22.7 Å². The largest absolute Gasteiger partial charge is 0.458 e. The third-order valence-corrected chi connectivity index (χ3v) is 21.1. The Hall–Kier alpha value is -10.1. The van der Waals surface area contributed by atoms with Crippen molar-refractivity contribution in [2.45, 2.75) is 76.7 Å². The number of ether oxygens (including phenoxy) is 2. The molecule has 9 heteroatoms. The van der Waals surface area contributed by atoms with Crippen LogP contribution < -0.4 is 61.3 Å². The van der Waals surface area contributed by atoms with Crippen LogP contribution in [0.1, 0.15) is 87.6 Å². The number of fused-ring (bicyclic) bond motifs is 12. The zero-order valence-corrected chi connectivity index (χ0v) is 51.5. The first kappa shape index (κ1) is 53.0. The molecule has 0 amide bonds. The summed E-state index contributed by atoms with van der Waals surface area (Å²) in [6, 6.07) is 90.2. The molecular formula is C81H67B2N5O2. The van der Waals surface area contributed by atoms with Crippen LogP contribution in [0.5, 0.6) is 23.0 Å². The maximum atomic E-state index is 8.09. The summed E-state index contributed by atoms with van der Waals surface area (Å²) in [5, 5.41) is 0. The summed E-state index contributed by atoms with van der Waals surface area (Å²) in [7, 11) is 2.35. The van der Waals surface area contributed by atoms with Gasteiger partial charge in [-0.3, -0.25) is 0 Å². The highest BCUT2D eigenvalue weighted by atomic mass is 16.5. The molecule has 1 aliphatic carbocycles. The molecular weight excluding hydrogens is 1100 g/mol. The van der Waals surface area contributed by atoms with Crippen LogP contribution in [0.3, 0.4) is 0 Å². The lowest BCUT2D eigenvalue weighted by atomic mass is 9.30. The first-order valence-electron chi connectivity index (χ1n) is 32.3. The summed E-state index contributed by atoms with van der Waals surface area (Å²) in [6.07, 6.45) is 8.65. The average Bonchev–Trinajstić information content (AvgIpc) is 0.691. The van der Waals surface area contributed by atoms with E-state index in [1.54, 1.807) is 0 Å². The SMILES string of the molecule is CN(c1ccccc1C1=CN(c2ccccc2)c2cc3c(c4c2B1c1cc2c(cc1O4)Oc1c4c(cc5c1C(C)(C)c1ccccc1N5c1ccccc1)N(c1ccccc1)c1ccccc1B24)C(C)(C)c1ccccc1N3c1ccccc1)C1CCCCC1. The topological polar surface area (TPSA) is 34.7 Å². The Morgan fingerprint density at radius 2 is 0.844 bits per heavy atom. The fraction of sp³-hybridized carbons (Fsp3) is 0.160. The zero-order valence-electron chi connectivity index (χ0n) is 51.5. The third-order valence-electron chi connectivity index (χ3n) is 21.1. The lowest BCUT2D eigenvalue weighted by molar-refractivity contribution is 0.427. The molecule has 1 saturated carbocycles. The molecule has 11 aromatic rings. The molecule has 0 spiro atoms. The van der Waals surface area contributed by atoms with Gasteiger partial charge in [0.1, 0.15) is 23.0 Å². The van der Waals surface area contributed by atoms with Crippen molar-refractivity contribution in [3.63, 3.8) is 0 Å². The van der Waals surface area contributed by atoms with Crippen LogP contribution in [0.4, 0.5) is 68.2 Å². The summed E-state index contributed by atoms with van der Waals surface area (Å²) in [5.74, 6) is 3.42. The second kappa shape index (κ2) is 19.9. The molecule has 7 aliphatic rings. The van der Waals surface area contributed by atoms with Gasteiger partial charge in [-0.2, -0.15) is 0 Å². The quantitative estimate of drug-likeness (QED) is 0.147. The molecule has 434 valence electrons. The van der Waals surface area contributed by atoms with Gasteiger partial charge in [-0.1, -0.05) is 199 Å². The molecule has 0 radical (unpaired) electrons. The number of hydrogen-bond donors (Lipinski definition) is 0. The van der Waals surface area contributed by atoms with Crippen LogP contribution in [-0.2, 0) is 10.8 Å². The molecule has 0 unspecified atom stereocenters. The van der Waals surface area contributed by atoms with E-state index in [1.165, 1.54) is 76.3 Å². The van der Waals surface area contributed by atoms with E-state index in [0.29, 0.717) is 6.04 Å². The number of nitrogens with zero attached hydrogens (tertiary/aromatic N) is 5. The Morgan fingerprint density at radius 3 is 1.41 bits per heavy atom. The van der Waals surface area contributed by atoms with Crippen molar-refractivity contribution in [2.75, 3.05) is 31.5 Å². The fourth-order valence-corrected chi connectivity index (χ4v) is 17.0. The number of benzene rings is 11. The van der Waals surface area contributed by atoms with E-state index in [2.05, 4.69) is 308 Å². The standard InChI is InChI=1S/C81H67B2N5O2/c1-80(2)58-40-22-26-44-65(58)86(54-33-15-8-16-34-54)68-48-70-76-78(74(68)80)89-73-50-72-61(47-62(73)83(76)63(51-85(70)53-31-13-7-14-32-53)57-39-21-25-43-64(57)84(5)52-29-11-6-12-30-52)82-60-42-24-28-46-67(60)88(56-37-19-10-20-38-56)71-49-69-75(79(90-72)77(71)82)81(3,4)59-41-23-27-45-66(59)87(69)55-35-17-9-18-36-55/h7-10,13-28,31-52H,6,11-12,29-30H2,1-5H3. The molecule has 6 heterocycles. The van der Waals surface area contributed by atoms with Gasteiger partial charge in [0, 0.05) is 92.8 Å². The molecule has 0 N–H and O–H groups in total. The van der Waals surface area contributed by atoms with Crippen molar-refractivity contribution < 1.29 is 9.47 Å². The minimum atomic E-state index is -0.496. The molecule has 6 aliphatic heterocycles. The summed E-state index contributed by atoms with van der Waals surface area (Å²) >= 11 is 0. The zero-order chi connectivity index (χ0) is 60.1. The molecule has 7 nitrogen and oxygen atoms in total. The Kier molecular flexibility index (Phi) is 11.7. The Bertz CT molecular complexity index is 4770. The summed E-state index contributed by atoms with van der Waals surface area (Å²) in [6.45, 7) is 9.12.